The van der Waals surface area contributed by atoms with E-state index in [9.17, 15) is 12.8 Å². The highest BCUT2D eigenvalue weighted by atomic mass is 32.2. The maximum atomic E-state index is 12.7. The van der Waals surface area contributed by atoms with E-state index in [2.05, 4.69) is 4.72 Å². The van der Waals surface area contributed by atoms with Gasteiger partial charge in [-0.1, -0.05) is 6.07 Å². The number of hydrogen-bond acceptors (Lipinski definition) is 4. The molecule has 6 nitrogen and oxygen atoms in total. The Morgan fingerprint density at radius 2 is 2.05 bits per heavy atom. The van der Waals surface area contributed by atoms with Crippen molar-refractivity contribution < 1.29 is 22.3 Å². The van der Waals surface area contributed by atoms with Gasteiger partial charge in [-0.25, -0.2) is 4.39 Å². The highest BCUT2D eigenvalue weighted by Gasteiger charge is 2.35. The van der Waals surface area contributed by atoms with Crippen molar-refractivity contribution in [1.82, 2.24) is 9.03 Å². The lowest BCUT2D eigenvalue weighted by Gasteiger charge is -2.32. The van der Waals surface area contributed by atoms with Gasteiger partial charge in [0.15, 0.2) is 11.5 Å². The lowest BCUT2D eigenvalue weighted by molar-refractivity contribution is 0.140. The molecule has 1 fully saturated rings. The minimum absolute atomic E-state index is 0.0123. The molecule has 0 aromatic heterocycles. The lowest BCUT2D eigenvalue weighted by atomic mass is 10.2. The number of nitrogens with one attached hydrogen (secondary N) is 1. The van der Waals surface area contributed by atoms with E-state index >= 15 is 0 Å². The molecule has 1 aromatic rings. The summed E-state index contributed by atoms with van der Waals surface area (Å²) in [6.45, 7) is 3.76. The number of nitrogens with zero attached hydrogens (tertiary/aromatic N) is 1. The normalized spacial score (nSPS) is 16.6. The van der Waals surface area contributed by atoms with Crippen LogP contribution in [0.15, 0.2) is 18.2 Å². The fourth-order valence-electron chi connectivity index (χ4n) is 2.02. The van der Waals surface area contributed by atoms with Gasteiger partial charge in [-0.15, -0.1) is 0 Å². The number of methoxy groups -OCH3 is 1. The number of benzene rings is 1. The zero-order valence-corrected chi connectivity index (χ0v) is 13.7. The summed E-state index contributed by atoms with van der Waals surface area (Å²) in [5, 5.41) is 0. The first kappa shape index (κ1) is 17.0. The molecule has 0 atom stereocenters. The van der Waals surface area contributed by atoms with E-state index in [-0.39, 0.29) is 25.7 Å². The topological polar surface area (TPSA) is 67.9 Å². The average Bonchev–Trinajstić information content (AvgIpc) is 2.42. The van der Waals surface area contributed by atoms with E-state index in [1.165, 1.54) is 7.11 Å². The first-order valence-corrected chi connectivity index (χ1v) is 8.48. The fraction of sp³-hybridized carbons (Fsp3) is 0.571. The Kier molecular flexibility index (Phi) is 5.25. The Bertz CT molecular complexity index is 615. The predicted octanol–water partition coefficient (Wildman–Crippen LogP) is 1.47. The number of rotatable bonds is 7. The molecule has 1 aromatic carbocycles. The predicted molar refractivity (Wildman–Crippen MR) is 81.0 cm³/mol. The summed E-state index contributed by atoms with van der Waals surface area (Å²) >= 11 is 0. The van der Waals surface area contributed by atoms with Crippen LogP contribution in [0.5, 0.6) is 11.5 Å². The number of halogens is 1. The highest BCUT2D eigenvalue weighted by Crippen LogP contribution is 2.29. The Morgan fingerprint density at radius 1 is 1.36 bits per heavy atom. The van der Waals surface area contributed by atoms with Gasteiger partial charge in [0, 0.05) is 19.6 Å². The van der Waals surface area contributed by atoms with E-state index in [0.29, 0.717) is 11.5 Å². The van der Waals surface area contributed by atoms with Crippen LogP contribution in [0, 0.1) is 0 Å². The van der Waals surface area contributed by atoms with Crippen molar-refractivity contribution in [3.8, 4) is 11.5 Å². The molecular weight excluding hydrogens is 311 g/mol. The zero-order valence-electron chi connectivity index (χ0n) is 12.9. The molecule has 1 aliphatic rings. The van der Waals surface area contributed by atoms with Gasteiger partial charge in [0.25, 0.3) is 10.2 Å². The first-order valence-electron chi connectivity index (χ1n) is 7.04. The van der Waals surface area contributed by atoms with E-state index in [1.54, 1.807) is 18.2 Å². The summed E-state index contributed by atoms with van der Waals surface area (Å²) < 4.78 is 50.9. The first-order chi connectivity index (χ1) is 10.3. The third-order valence-corrected chi connectivity index (χ3v) is 4.68. The van der Waals surface area contributed by atoms with E-state index in [1.807, 2.05) is 13.8 Å². The van der Waals surface area contributed by atoms with Crippen LogP contribution in [0.1, 0.15) is 19.4 Å². The second kappa shape index (κ2) is 6.80. The van der Waals surface area contributed by atoms with E-state index < -0.39 is 16.4 Å². The molecule has 0 unspecified atom stereocenters. The molecule has 1 heterocycles. The van der Waals surface area contributed by atoms with E-state index in [0.717, 1.165) is 9.87 Å². The molecule has 2 rings (SSSR count). The zero-order chi connectivity index (χ0) is 16.3. The Hall–Kier alpha value is -1.38. The average molecular weight is 332 g/mol. The molecule has 124 valence electrons. The largest absolute Gasteiger partial charge is 0.493 e. The maximum Gasteiger partial charge on any atom is 0.279 e. The van der Waals surface area contributed by atoms with Gasteiger partial charge in [0.05, 0.1) is 13.2 Å². The number of hydrogen-bond donors (Lipinski definition) is 1. The molecule has 0 radical (unpaired) electrons. The number of alkyl halides is 1. The van der Waals surface area contributed by atoms with Gasteiger partial charge in [0.2, 0.25) is 0 Å². The fourth-order valence-corrected chi connectivity index (χ4v) is 3.27. The maximum absolute atomic E-state index is 12.7. The highest BCUT2D eigenvalue weighted by molar-refractivity contribution is 7.87. The van der Waals surface area contributed by atoms with Gasteiger partial charge in [-0.2, -0.15) is 17.4 Å². The Labute approximate surface area is 130 Å². The SMILES string of the molecule is COc1cc(CNS(=O)(=O)N2CC(F)C2)ccc1OC(C)C. The van der Waals surface area contributed by atoms with Crippen LogP contribution in [-0.2, 0) is 16.8 Å². The van der Waals surface area contributed by atoms with Crippen molar-refractivity contribution in [1.29, 1.82) is 0 Å². The summed E-state index contributed by atoms with van der Waals surface area (Å²) in [4.78, 5) is 0. The standard InChI is InChI=1S/C14H21FN2O4S/c1-10(2)21-13-5-4-11(6-14(13)20-3)7-16-22(18,19)17-8-12(15)9-17/h4-6,10,12,16H,7-9H2,1-3H3. The molecule has 0 aliphatic carbocycles. The Balaban J connectivity index is 2.01. The monoisotopic (exact) mass is 332 g/mol. The summed E-state index contributed by atoms with van der Waals surface area (Å²) in [6, 6.07) is 5.22. The van der Waals surface area contributed by atoms with Crippen LogP contribution < -0.4 is 14.2 Å². The van der Waals surface area contributed by atoms with Gasteiger partial charge < -0.3 is 9.47 Å². The van der Waals surface area contributed by atoms with Crippen molar-refractivity contribution in [3.63, 3.8) is 0 Å². The minimum Gasteiger partial charge on any atom is -0.493 e. The van der Waals surface area contributed by atoms with Gasteiger partial charge in [-0.3, -0.25) is 0 Å². The molecule has 22 heavy (non-hydrogen) atoms. The van der Waals surface area contributed by atoms with Gasteiger partial charge in [0.1, 0.15) is 6.17 Å². The van der Waals surface area contributed by atoms with Crippen molar-refractivity contribution in [2.75, 3.05) is 20.2 Å². The summed E-state index contributed by atoms with van der Waals surface area (Å²) in [6.07, 6.45) is -1.05. The van der Waals surface area contributed by atoms with Gasteiger partial charge >= 0.3 is 0 Å². The lowest BCUT2D eigenvalue weighted by Crippen LogP contribution is -2.55. The second-order valence-corrected chi connectivity index (χ2v) is 7.15. The molecule has 1 saturated heterocycles. The summed E-state index contributed by atoms with van der Waals surface area (Å²) in [7, 11) is -2.11. The van der Waals surface area contributed by atoms with Crippen molar-refractivity contribution in [2.45, 2.75) is 32.7 Å². The quantitative estimate of drug-likeness (QED) is 0.821. The second-order valence-electron chi connectivity index (χ2n) is 5.39. The molecule has 0 bridgehead atoms. The van der Waals surface area contributed by atoms with Crippen LogP contribution in [0.2, 0.25) is 0 Å². The molecule has 1 N–H and O–H groups in total. The number of ether oxygens (including phenoxy) is 2. The van der Waals surface area contributed by atoms with Crippen LogP contribution >= 0.6 is 0 Å². The van der Waals surface area contributed by atoms with Gasteiger partial charge in [-0.05, 0) is 31.5 Å². The van der Waals surface area contributed by atoms with Crippen molar-refractivity contribution in [3.05, 3.63) is 23.8 Å². The third kappa shape index (κ3) is 4.08. The third-order valence-electron chi connectivity index (χ3n) is 3.19. The molecule has 0 spiro atoms. The van der Waals surface area contributed by atoms with Crippen LogP contribution in [0.4, 0.5) is 4.39 Å². The molecule has 1 aliphatic heterocycles. The van der Waals surface area contributed by atoms with Crippen molar-refractivity contribution in [2.24, 2.45) is 0 Å². The van der Waals surface area contributed by atoms with Crippen LogP contribution in [-0.4, -0.2) is 45.2 Å². The summed E-state index contributed by atoms with van der Waals surface area (Å²) in [5.74, 6) is 1.14. The van der Waals surface area contributed by atoms with Crippen LogP contribution in [0.25, 0.3) is 0 Å². The smallest absolute Gasteiger partial charge is 0.279 e. The Morgan fingerprint density at radius 3 is 2.59 bits per heavy atom. The molecule has 0 saturated carbocycles. The van der Waals surface area contributed by atoms with Crippen molar-refractivity contribution >= 4 is 10.2 Å². The minimum atomic E-state index is -3.63. The van der Waals surface area contributed by atoms with E-state index in [4.69, 9.17) is 9.47 Å². The molecule has 0 amide bonds. The molecular formula is C14H21FN2O4S. The van der Waals surface area contributed by atoms with Crippen LogP contribution in [0.3, 0.4) is 0 Å². The summed E-state index contributed by atoms with van der Waals surface area (Å²) in [5.41, 5.74) is 0.730. The molecule has 8 heteroatoms.